The number of aromatic hydroxyl groups is 7. The predicted molar refractivity (Wildman–Crippen MR) is 188 cm³/mol. The summed E-state index contributed by atoms with van der Waals surface area (Å²) in [7, 11) is 0. The molecule has 256 valence electrons. The van der Waals surface area contributed by atoms with Crippen molar-refractivity contribution in [1.82, 2.24) is 0 Å². The second-order valence-electron chi connectivity index (χ2n) is 13.1. The Kier molecular flexibility index (Phi) is 7.75. The zero-order valence-electron chi connectivity index (χ0n) is 27.1. The summed E-state index contributed by atoms with van der Waals surface area (Å²) in [5, 5.41) is 73.8. The van der Waals surface area contributed by atoms with E-state index in [4.69, 9.17) is 9.47 Å². The van der Waals surface area contributed by atoms with Crippen LogP contribution in [0, 0.1) is 0 Å². The molecule has 2 aliphatic rings. The monoisotopic (exact) mass is 682 g/mol. The van der Waals surface area contributed by atoms with Crippen LogP contribution in [0.1, 0.15) is 68.6 Å². The number of aryl methyl sites for hydroxylation is 2. The molecule has 0 aliphatic carbocycles. The van der Waals surface area contributed by atoms with E-state index in [1.54, 1.807) is 72.8 Å². The van der Waals surface area contributed by atoms with Crippen molar-refractivity contribution < 1.29 is 45.2 Å². The summed E-state index contributed by atoms with van der Waals surface area (Å²) in [6.07, 6.45) is -0.0293. The van der Waals surface area contributed by atoms with Gasteiger partial charge in [-0.25, -0.2) is 0 Å². The molecule has 6 aromatic carbocycles. The molecule has 0 spiro atoms. The van der Waals surface area contributed by atoms with Gasteiger partial charge in [0, 0.05) is 17.2 Å². The van der Waals surface area contributed by atoms with Crippen LogP contribution in [0.4, 0.5) is 0 Å². The summed E-state index contributed by atoms with van der Waals surface area (Å²) in [6.45, 7) is 0. The summed E-state index contributed by atoms with van der Waals surface area (Å²) < 4.78 is 13.2. The molecule has 0 radical (unpaired) electrons. The van der Waals surface area contributed by atoms with E-state index in [1.165, 1.54) is 18.2 Å². The molecule has 4 unspecified atom stereocenters. The van der Waals surface area contributed by atoms with Gasteiger partial charge in [0.25, 0.3) is 0 Å². The fourth-order valence-electron chi connectivity index (χ4n) is 7.44. The lowest BCUT2D eigenvalue weighted by molar-refractivity contribution is 0.218. The molecule has 0 saturated heterocycles. The highest BCUT2D eigenvalue weighted by Crippen LogP contribution is 2.58. The smallest absolute Gasteiger partial charge is 0.135 e. The molecule has 2 aliphatic heterocycles. The van der Waals surface area contributed by atoms with Crippen molar-refractivity contribution in [1.29, 1.82) is 0 Å². The molecule has 9 nitrogen and oxygen atoms in total. The lowest BCUT2D eigenvalue weighted by atomic mass is 9.81. The molecule has 2 heterocycles. The zero-order valence-corrected chi connectivity index (χ0v) is 27.1. The molecular formula is C42H34O9. The lowest BCUT2D eigenvalue weighted by Gasteiger charge is -2.22. The Labute approximate surface area is 293 Å². The zero-order chi connectivity index (χ0) is 35.4. The Morgan fingerprint density at radius 2 is 0.804 bits per heavy atom. The van der Waals surface area contributed by atoms with E-state index < -0.39 is 24.0 Å². The van der Waals surface area contributed by atoms with E-state index in [0.29, 0.717) is 52.2 Å². The van der Waals surface area contributed by atoms with E-state index in [2.05, 4.69) is 0 Å². The highest BCUT2D eigenvalue weighted by Gasteiger charge is 2.44. The van der Waals surface area contributed by atoms with Crippen LogP contribution in [-0.2, 0) is 12.8 Å². The quantitative estimate of drug-likeness (QED) is 0.0887. The van der Waals surface area contributed by atoms with Gasteiger partial charge in [0.15, 0.2) is 0 Å². The molecule has 7 N–H and O–H groups in total. The van der Waals surface area contributed by atoms with Gasteiger partial charge in [0.05, 0.1) is 11.8 Å². The van der Waals surface area contributed by atoms with Gasteiger partial charge in [-0.15, -0.1) is 0 Å². The number of rotatable bonds is 7. The number of phenols is 7. The van der Waals surface area contributed by atoms with Gasteiger partial charge in [0.2, 0.25) is 0 Å². The molecule has 0 saturated carbocycles. The van der Waals surface area contributed by atoms with Gasteiger partial charge in [-0.1, -0.05) is 36.4 Å². The lowest BCUT2D eigenvalue weighted by Crippen LogP contribution is -2.11. The summed E-state index contributed by atoms with van der Waals surface area (Å²) in [5.74, 6) is -0.327. The van der Waals surface area contributed by atoms with E-state index in [1.807, 2.05) is 24.3 Å². The van der Waals surface area contributed by atoms with E-state index in [0.717, 1.165) is 16.7 Å². The number of fused-ring (bicyclic) bond motifs is 2. The average molecular weight is 683 g/mol. The minimum Gasteiger partial charge on any atom is -0.508 e. The van der Waals surface area contributed by atoms with Crippen LogP contribution in [-0.4, -0.2) is 35.7 Å². The van der Waals surface area contributed by atoms with Crippen molar-refractivity contribution in [3.63, 3.8) is 0 Å². The highest BCUT2D eigenvalue weighted by atomic mass is 16.5. The van der Waals surface area contributed by atoms with Crippen LogP contribution >= 0.6 is 0 Å². The Morgan fingerprint density at radius 3 is 1.33 bits per heavy atom. The molecule has 9 heteroatoms. The largest absolute Gasteiger partial charge is 0.508 e. The summed E-state index contributed by atoms with van der Waals surface area (Å²) >= 11 is 0. The Bertz CT molecular complexity index is 2230. The van der Waals surface area contributed by atoms with Crippen molar-refractivity contribution in [2.75, 3.05) is 0 Å². The van der Waals surface area contributed by atoms with Crippen molar-refractivity contribution in [2.24, 2.45) is 0 Å². The molecule has 51 heavy (non-hydrogen) atoms. The summed E-state index contributed by atoms with van der Waals surface area (Å²) in [6, 6.07) is 31.5. The second-order valence-corrected chi connectivity index (χ2v) is 13.1. The first-order valence-corrected chi connectivity index (χ1v) is 16.6. The number of phenolic OH excluding ortho intramolecular Hbond substituents is 7. The number of benzene rings is 6. The van der Waals surface area contributed by atoms with Gasteiger partial charge >= 0.3 is 0 Å². The van der Waals surface area contributed by atoms with Crippen LogP contribution < -0.4 is 9.47 Å². The maximum absolute atomic E-state index is 11.8. The molecule has 6 aromatic rings. The van der Waals surface area contributed by atoms with Crippen molar-refractivity contribution in [2.45, 2.75) is 36.9 Å². The van der Waals surface area contributed by atoms with Crippen LogP contribution in [0.15, 0.2) is 115 Å². The maximum Gasteiger partial charge on any atom is 0.135 e. The van der Waals surface area contributed by atoms with Crippen LogP contribution in [0.3, 0.4) is 0 Å². The van der Waals surface area contributed by atoms with Crippen molar-refractivity contribution >= 4 is 0 Å². The molecule has 0 amide bonds. The number of hydrogen-bond donors (Lipinski definition) is 7. The summed E-state index contributed by atoms with van der Waals surface area (Å²) in [4.78, 5) is 0. The first-order valence-electron chi connectivity index (χ1n) is 16.6. The normalized spacial score (nSPS) is 18.8. The van der Waals surface area contributed by atoms with E-state index in [9.17, 15) is 35.7 Å². The van der Waals surface area contributed by atoms with Crippen molar-refractivity contribution in [3.05, 3.63) is 160 Å². The third-order valence-electron chi connectivity index (χ3n) is 9.78. The van der Waals surface area contributed by atoms with Crippen molar-refractivity contribution in [3.8, 4) is 51.7 Å². The van der Waals surface area contributed by atoms with E-state index in [-0.39, 0.29) is 40.2 Å². The molecule has 8 rings (SSSR count). The third-order valence-corrected chi connectivity index (χ3v) is 9.78. The second kappa shape index (κ2) is 12.4. The number of hydrogen-bond acceptors (Lipinski definition) is 9. The number of ether oxygens (including phenoxy) is 2. The van der Waals surface area contributed by atoms with Gasteiger partial charge in [-0.05, 0) is 119 Å². The Morgan fingerprint density at radius 1 is 0.373 bits per heavy atom. The summed E-state index contributed by atoms with van der Waals surface area (Å²) in [5.41, 5.74) is 5.46. The molecule has 0 aromatic heterocycles. The minimum atomic E-state index is -0.687. The van der Waals surface area contributed by atoms with Gasteiger partial charge in [-0.2, -0.15) is 0 Å². The molecule has 0 bridgehead atoms. The fourth-order valence-corrected chi connectivity index (χ4v) is 7.44. The molecule has 0 fully saturated rings. The maximum atomic E-state index is 11.8. The predicted octanol–water partition coefficient (Wildman–Crippen LogP) is 7.94. The molecular weight excluding hydrogens is 648 g/mol. The van der Waals surface area contributed by atoms with E-state index >= 15 is 0 Å². The highest BCUT2D eigenvalue weighted by molar-refractivity contribution is 5.63. The first-order chi connectivity index (χ1) is 24.6. The SMILES string of the molecule is Oc1ccc(CCc2cc(O)c3c(c2)OC(c2ccc(O)cc2)C3c2cc(O)c3c(c2)OC(c2ccc(O)cc2)C3c2cc(O)cc(O)c2)cc1. The standard InChI is InChI=1S/C42H34O9/c43-28-9-3-22(4-10-28)1-2-23-15-33(48)39-35(16-23)50-42(25-7-13-30(45)14-8-25)38(39)27-19-34(49)40-36(20-27)51-41(24-5-11-29(44)12-6-24)37(40)26-17-31(46)21-32(47)18-26/h3-21,37-38,41-49H,1-2H2. The Hall–Kier alpha value is -6.48. The minimum absolute atomic E-state index is 0.0375. The van der Waals surface area contributed by atoms with Gasteiger partial charge < -0.3 is 45.2 Å². The van der Waals surface area contributed by atoms with Crippen LogP contribution in [0.25, 0.3) is 0 Å². The van der Waals surface area contributed by atoms with Gasteiger partial charge in [0.1, 0.15) is 64.0 Å². The van der Waals surface area contributed by atoms with Gasteiger partial charge in [-0.3, -0.25) is 0 Å². The molecule has 4 atom stereocenters. The van der Waals surface area contributed by atoms with Crippen LogP contribution in [0.2, 0.25) is 0 Å². The van der Waals surface area contributed by atoms with Crippen LogP contribution in [0.5, 0.6) is 51.7 Å². The average Bonchev–Trinajstić information content (AvgIpc) is 3.68. The topological polar surface area (TPSA) is 160 Å². The third kappa shape index (κ3) is 5.93. The first kappa shape index (κ1) is 31.8. The Balaban J connectivity index is 1.22. The fraction of sp³-hybridized carbons (Fsp3) is 0.143.